The summed E-state index contributed by atoms with van der Waals surface area (Å²) < 4.78 is 0. The predicted octanol–water partition coefficient (Wildman–Crippen LogP) is 2.45. The van der Waals surface area contributed by atoms with Gasteiger partial charge in [-0.25, -0.2) is 0 Å². The molecule has 110 valence electrons. The SMILES string of the molecule is O=C(O)CCNCC(O)c1ccc(-c2ccccc2)cc1. The zero-order valence-electron chi connectivity index (χ0n) is 11.7. The summed E-state index contributed by atoms with van der Waals surface area (Å²) in [7, 11) is 0. The largest absolute Gasteiger partial charge is 0.481 e. The summed E-state index contributed by atoms with van der Waals surface area (Å²) in [5.41, 5.74) is 3.06. The Kier molecular flexibility index (Phi) is 5.49. The average Bonchev–Trinajstić information content (AvgIpc) is 2.52. The fourth-order valence-corrected chi connectivity index (χ4v) is 2.08. The maximum atomic E-state index is 10.4. The van der Waals surface area contributed by atoms with Crippen LogP contribution in [0.2, 0.25) is 0 Å². The van der Waals surface area contributed by atoms with Crippen LogP contribution in [0.5, 0.6) is 0 Å². The smallest absolute Gasteiger partial charge is 0.304 e. The molecule has 0 aliphatic carbocycles. The van der Waals surface area contributed by atoms with Gasteiger partial charge in [-0.1, -0.05) is 54.6 Å². The van der Waals surface area contributed by atoms with E-state index in [9.17, 15) is 9.90 Å². The molecule has 0 spiro atoms. The normalized spacial score (nSPS) is 12.0. The van der Waals surface area contributed by atoms with Crippen molar-refractivity contribution in [2.24, 2.45) is 0 Å². The summed E-state index contributed by atoms with van der Waals surface area (Å²) in [6.45, 7) is 0.701. The standard InChI is InChI=1S/C17H19NO3/c19-16(12-18-11-10-17(20)21)15-8-6-14(7-9-15)13-4-2-1-3-5-13/h1-9,16,18-19H,10-12H2,(H,20,21). The third-order valence-corrected chi connectivity index (χ3v) is 3.26. The average molecular weight is 285 g/mol. The maximum Gasteiger partial charge on any atom is 0.304 e. The van der Waals surface area contributed by atoms with Crippen LogP contribution in [0.3, 0.4) is 0 Å². The Hall–Kier alpha value is -2.17. The van der Waals surface area contributed by atoms with Crippen molar-refractivity contribution in [3.8, 4) is 11.1 Å². The lowest BCUT2D eigenvalue weighted by Crippen LogP contribution is -2.24. The van der Waals surface area contributed by atoms with Gasteiger partial charge in [0.05, 0.1) is 12.5 Å². The molecule has 0 saturated carbocycles. The number of hydrogen-bond acceptors (Lipinski definition) is 3. The van der Waals surface area contributed by atoms with Crippen LogP contribution >= 0.6 is 0 Å². The van der Waals surface area contributed by atoms with E-state index in [4.69, 9.17) is 5.11 Å². The molecule has 1 unspecified atom stereocenters. The second-order valence-corrected chi connectivity index (χ2v) is 4.85. The van der Waals surface area contributed by atoms with Crippen LogP contribution in [0.15, 0.2) is 54.6 Å². The molecule has 0 amide bonds. The van der Waals surface area contributed by atoms with Gasteiger partial charge in [0.1, 0.15) is 0 Å². The molecular formula is C17H19NO3. The Morgan fingerprint density at radius 3 is 2.24 bits per heavy atom. The molecule has 0 saturated heterocycles. The van der Waals surface area contributed by atoms with Gasteiger partial charge in [-0.2, -0.15) is 0 Å². The van der Waals surface area contributed by atoms with E-state index in [2.05, 4.69) is 5.32 Å². The van der Waals surface area contributed by atoms with Crippen molar-refractivity contribution < 1.29 is 15.0 Å². The number of carbonyl (C=O) groups is 1. The van der Waals surface area contributed by atoms with Gasteiger partial charge in [-0.3, -0.25) is 4.79 Å². The first kappa shape index (κ1) is 15.2. The summed E-state index contributed by atoms with van der Waals surface area (Å²) in [5, 5.41) is 21.5. The van der Waals surface area contributed by atoms with Gasteiger partial charge in [0.15, 0.2) is 0 Å². The van der Waals surface area contributed by atoms with Crippen molar-refractivity contribution in [3.63, 3.8) is 0 Å². The highest BCUT2D eigenvalue weighted by Gasteiger charge is 2.07. The molecule has 3 N–H and O–H groups in total. The lowest BCUT2D eigenvalue weighted by Gasteiger charge is -2.12. The molecule has 0 bridgehead atoms. The van der Waals surface area contributed by atoms with E-state index in [1.54, 1.807) is 0 Å². The van der Waals surface area contributed by atoms with E-state index in [1.165, 1.54) is 0 Å². The van der Waals surface area contributed by atoms with Gasteiger partial charge in [0, 0.05) is 13.1 Å². The minimum Gasteiger partial charge on any atom is -0.481 e. The molecule has 2 aromatic rings. The summed E-state index contributed by atoms with van der Waals surface area (Å²) in [5.74, 6) is -0.843. The second kappa shape index (κ2) is 7.57. The van der Waals surface area contributed by atoms with Gasteiger partial charge in [-0.15, -0.1) is 0 Å². The first-order chi connectivity index (χ1) is 10.2. The molecule has 0 fully saturated rings. The Morgan fingerprint density at radius 1 is 1.00 bits per heavy atom. The van der Waals surface area contributed by atoms with Crippen molar-refractivity contribution in [1.29, 1.82) is 0 Å². The van der Waals surface area contributed by atoms with E-state index in [-0.39, 0.29) is 6.42 Å². The number of carboxylic acid groups (broad SMARTS) is 1. The van der Waals surface area contributed by atoms with Gasteiger partial charge in [0.25, 0.3) is 0 Å². The monoisotopic (exact) mass is 285 g/mol. The highest BCUT2D eigenvalue weighted by Crippen LogP contribution is 2.21. The quantitative estimate of drug-likeness (QED) is 0.683. The molecule has 0 aromatic heterocycles. The number of nitrogens with one attached hydrogen (secondary N) is 1. The van der Waals surface area contributed by atoms with E-state index < -0.39 is 12.1 Å². The molecule has 4 nitrogen and oxygen atoms in total. The molecule has 1 atom stereocenters. The van der Waals surface area contributed by atoms with E-state index in [0.29, 0.717) is 13.1 Å². The van der Waals surface area contributed by atoms with Gasteiger partial charge < -0.3 is 15.5 Å². The Balaban J connectivity index is 1.91. The van der Waals surface area contributed by atoms with Crippen LogP contribution in [0.1, 0.15) is 18.1 Å². The molecule has 0 heterocycles. The Bertz CT molecular complexity index is 566. The first-order valence-electron chi connectivity index (χ1n) is 6.93. The molecular weight excluding hydrogens is 266 g/mol. The van der Waals surface area contributed by atoms with E-state index in [0.717, 1.165) is 16.7 Å². The molecule has 2 rings (SSSR count). The van der Waals surface area contributed by atoms with Crippen LogP contribution in [0, 0.1) is 0 Å². The minimum absolute atomic E-state index is 0.0552. The van der Waals surface area contributed by atoms with Gasteiger partial charge in [0.2, 0.25) is 0 Å². The first-order valence-corrected chi connectivity index (χ1v) is 6.93. The fourth-order valence-electron chi connectivity index (χ4n) is 2.08. The van der Waals surface area contributed by atoms with Crippen LogP contribution in [-0.2, 0) is 4.79 Å². The number of benzene rings is 2. The van der Waals surface area contributed by atoms with Crippen LogP contribution in [0.4, 0.5) is 0 Å². The number of hydrogen-bond donors (Lipinski definition) is 3. The maximum absolute atomic E-state index is 10.4. The molecule has 21 heavy (non-hydrogen) atoms. The number of aliphatic carboxylic acids is 1. The summed E-state index contributed by atoms with van der Waals surface area (Å²) in [6, 6.07) is 17.8. The van der Waals surface area contributed by atoms with Crippen molar-refractivity contribution >= 4 is 5.97 Å². The summed E-state index contributed by atoms with van der Waals surface area (Å²) >= 11 is 0. The molecule has 4 heteroatoms. The van der Waals surface area contributed by atoms with Crippen LogP contribution < -0.4 is 5.32 Å². The number of carboxylic acids is 1. The predicted molar refractivity (Wildman–Crippen MR) is 82.0 cm³/mol. The fraction of sp³-hybridized carbons (Fsp3) is 0.235. The van der Waals surface area contributed by atoms with Gasteiger partial charge >= 0.3 is 5.97 Å². The summed E-state index contributed by atoms with van der Waals surface area (Å²) in [6.07, 6.45) is -0.580. The second-order valence-electron chi connectivity index (χ2n) is 4.85. The number of aliphatic hydroxyl groups is 1. The van der Waals surface area contributed by atoms with E-state index >= 15 is 0 Å². The van der Waals surface area contributed by atoms with Crippen molar-refractivity contribution in [3.05, 3.63) is 60.2 Å². The summed E-state index contributed by atoms with van der Waals surface area (Å²) in [4.78, 5) is 10.4. The molecule has 0 aliphatic heterocycles. The zero-order chi connectivity index (χ0) is 15.1. The zero-order valence-corrected chi connectivity index (χ0v) is 11.7. The Morgan fingerprint density at radius 2 is 1.62 bits per heavy atom. The van der Waals surface area contributed by atoms with Crippen molar-refractivity contribution in [2.45, 2.75) is 12.5 Å². The van der Waals surface area contributed by atoms with Crippen LogP contribution in [-0.4, -0.2) is 29.3 Å². The van der Waals surface area contributed by atoms with Crippen molar-refractivity contribution in [2.75, 3.05) is 13.1 Å². The lowest BCUT2D eigenvalue weighted by molar-refractivity contribution is -0.136. The number of aliphatic hydroxyl groups excluding tert-OH is 1. The molecule has 2 aromatic carbocycles. The molecule has 0 radical (unpaired) electrons. The number of rotatable bonds is 7. The highest BCUT2D eigenvalue weighted by molar-refractivity contribution is 5.66. The third kappa shape index (κ3) is 4.70. The topological polar surface area (TPSA) is 69.6 Å². The van der Waals surface area contributed by atoms with Crippen molar-refractivity contribution in [1.82, 2.24) is 5.32 Å². The van der Waals surface area contributed by atoms with Crippen LogP contribution in [0.25, 0.3) is 11.1 Å². The Labute approximate surface area is 124 Å². The highest BCUT2D eigenvalue weighted by atomic mass is 16.4. The third-order valence-electron chi connectivity index (χ3n) is 3.26. The molecule has 0 aliphatic rings. The minimum atomic E-state index is -0.843. The van der Waals surface area contributed by atoms with Gasteiger partial charge in [-0.05, 0) is 16.7 Å². The lowest BCUT2D eigenvalue weighted by atomic mass is 10.0. The van der Waals surface area contributed by atoms with E-state index in [1.807, 2.05) is 54.6 Å².